The lowest BCUT2D eigenvalue weighted by molar-refractivity contribution is 0.160. The molecule has 0 saturated carbocycles. The van der Waals surface area contributed by atoms with E-state index in [4.69, 9.17) is 10.5 Å². The second kappa shape index (κ2) is 7.85. The number of rotatable bonds is 6. The first-order valence-electron chi connectivity index (χ1n) is 8.94. The maximum Gasteiger partial charge on any atom is 0.332 e. The van der Waals surface area contributed by atoms with E-state index in [-0.39, 0.29) is 12.3 Å². The number of halogens is 2. The molecule has 2 N–H and O–H groups in total. The van der Waals surface area contributed by atoms with Crippen LogP contribution >= 0.6 is 0 Å². The molecule has 30 heavy (non-hydrogen) atoms. The molecule has 4 aromatic heterocycles. The van der Waals surface area contributed by atoms with Crippen LogP contribution in [0.2, 0.25) is 0 Å². The highest BCUT2D eigenvalue weighted by Crippen LogP contribution is 2.31. The summed E-state index contributed by atoms with van der Waals surface area (Å²) in [5, 5.41) is 4.19. The number of allylic oxidation sites excluding steroid dienone is 1. The highest BCUT2D eigenvalue weighted by Gasteiger charge is 2.16. The number of aryl methyl sites for hydroxylation is 1. The lowest BCUT2D eigenvalue weighted by Gasteiger charge is -2.08. The van der Waals surface area contributed by atoms with Gasteiger partial charge >= 0.3 is 6.55 Å². The highest BCUT2D eigenvalue weighted by atomic mass is 19.3. The molecule has 9 nitrogen and oxygen atoms in total. The van der Waals surface area contributed by atoms with Gasteiger partial charge in [0.15, 0.2) is 5.65 Å². The second-order valence-corrected chi connectivity index (χ2v) is 6.36. The summed E-state index contributed by atoms with van der Waals surface area (Å²) in [6.07, 6.45) is 7.41. The molecule has 4 aromatic rings. The summed E-state index contributed by atoms with van der Waals surface area (Å²) in [4.78, 5) is 16.4. The van der Waals surface area contributed by atoms with E-state index >= 15 is 0 Å². The summed E-state index contributed by atoms with van der Waals surface area (Å²) in [6.45, 7) is -0.979. The molecule has 0 amide bonds. The molecule has 0 unspecified atom stereocenters. The summed E-state index contributed by atoms with van der Waals surface area (Å²) in [7, 11) is 1.54. The van der Waals surface area contributed by atoms with Crippen LogP contribution in [0.15, 0.2) is 48.1 Å². The number of fused-ring (bicyclic) bond motifs is 2. The molecule has 4 rings (SSSR count). The molecule has 0 saturated heterocycles. The Bertz CT molecular complexity index is 1270. The van der Waals surface area contributed by atoms with E-state index in [1.54, 1.807) is 28.4 Å². The van der Waals surface area contributed by atoms with Gasteiger partial charge in [-0.05, 0) is 31.3 Å². The van der Waals surface area contributed by atoms with Crippen molar-refractivity contribution in [3.8, 4) is 17.0 Å². The van der Waals surface area contributed by atoms with Gasteiger partial charge in [-0.3, -0.25) is 0 Å². The Morgan fingerprint density at radius 3 is 2.93 bits per heavy atom. The standard InChI is InChI=1S/C19H18F2N8O/c1-11-26-17-15(28(11)9-13(3-5-22)27-19(20)21)7-12(8-23-17)14-4-6-29-16(14)18(30-2)24-10-25-29/h3-8,10,19H,9,22H2,1-2H3. The summed E-state index contributed by atoms with van der Waals surface area (Å²) in [5.41, 5.74) is 8.97. The van der Waals surface area contributed by atoms with Crippen LogP contribution in [-0.4, -0.2) is 48.5 Å². The number of aromatic nitrogens is 6. The Kier molecular flexibility index (Phi) is 5.09. The number of aliphatic imine (C=N–C) groups is 1. The van der Waals surface area contributed by atoms with Crippen LogP contribution < -0.4 is 10.5 Å². The predicted octanol–water partition coefficient (Wildman–Crippen LogP) is 2.59. The molecular weight excluding hydrogens is 394 g/mol. The van der Waals surface area contributed by atoms with Crippen molar-refractivity contribution in [2.45, 2.75) is 20.0 Å². The molecule has 0 radical (unpaired) electrons. The predicted molar refractivity (Wildman–Crippen MR) is 108 cm³/mol. The summed E-state index contributed by atoms with van der Waals surface area (Å²) in [5.74, 6) is 1.04. The van der Waals surface area contributed by atoms with Gasteiger partial charge in [0, 0.05) is 23.5 Å². The van der Waals surface area contributed by atoms with E-state index in [2.05, 4.69) is 25.0 Å². The van der Waals surface area contributed by atoms with Crippen LogP contribution in [0.4, 0.5) is 8.78 Å². The molecule has 154 valence electrons. The quantitative estimate of drug-likeness (QED) is 0.385. The van der Waals surface area contributed by atoms with Crippen molar-refractivity contribution in [2.75, 3.05) is 7.11 Å². The molecule has 0 aliphatic rings. The van der Waals surface area contributed by atoms with Crippen LogP contribution in [0, 0.1) is 6.92 Å². The molecule has 0 bridgehead atoms. The summed E-state index contributed by atoms with van der Waals surface area (Å²) in [6, 6.07) is 3.76. The Morgan fingerprint density at radius 1 is 1.37 bits per heavy atom. The first kappa shape index (κ1) is 19.4. The fraction of sp³-hybridized carbons (Fsp3) is 0.211. The number of hydrogen-bond donors (Lipinski definition) is 1. The minimum atomic E-state index is -2.83. The number of pyridine rings is 1. The van der Waals surface area contributed by atoms with Crippen molar-refractivity contribution in [2.24, 2.45) is 10.7 Å². The lowest BCUT2D eigenvalue weighted by atomic mass is 10.1. The summed E-state index contributed by atoms with van der Waals surface area (Å²) >= 11 is 0. The zero-order valence-electron chi connectivity index (χ0n) is 16.2. The normalized spacial score (nSPS) is 12.6. The number of ether oxygens (including phenoxy) is 1. The third kappa shape index (κ3) is 3.45. The van der Waals surface area contributed by atoms with Crippen LogP contribution in [0.25, 0.3) is 27.8 Å². The number of hydrogen-bond acceptors (Lipinski definition) is 7. The van der Waals surface area contributed by atoms with Gasteiger partial charge in [0.1, 0.15) is 17.7 Å². The van der Waals surface area contributed by atoms with Gasteiger partial charge in [-0.15, -0.1) is 0 Å². The molecule has 0 atom stereocenters. The van der Waals surface area contributed by atoms with E-state index < -0.39 is 6.55 Å². The maximum absolute atomic E-state index is 12.8. The van der Waals surface area contributed by atoms with Crippen molar-refractivity contribution in [1.82, 2.24) is 29.1 Å². The monoisotopic (exact) mass is 412 g/mol. The minimum Gasteiger partial charge on any atom is -0.479 e. The lowest BCUT2D eigenvalue weighted by Crippen LogP contribution is -2.11. The Morgan fingerprint density at radius 2 is 2.20 bits per heavy atom. The highest BCUT2D eigenvalue weighted by molar-refractivity contribution is 5.96. The van der Waals surface area contributed by atoms with E-state index in [0.717, 1.165) is 11.1 Å². The van der Waals surface area contributed by atoms with Gasteiger partial charge < -0.3 is 15.0 Å². The van der Waals surface area contributed by atoms with Gasteiger partial charge in [-0.25, -0.2) is 19.5 Å². The topological polar surface area (TPSA) is 109 Å². The molecule has 0 aliphatic carbocycles. The van der Waals surface area contributed by atoms with Gasteiger partial charge in [0.25, 0.3) is 0 Å². The number of alkyl halides is 2. The number of nitrogens with zero attached hydrogens (tertiary/aromatic N) is 7. The van der Waals surface area contributed by atoms with Crippen molar-refractivity contribution in [3.63, 3.8) is 0 Å². The number of imidazole rings is 1. The van der Waals surface area contributed by atoms with Gasteiger partial charge in [-0.2, -0.15) is 18.9 Å². The fourth-order valence-electron chi connectivity index (χ4n) is 3.31. The average Bonchev–Trinajstić information content (AvgIpc) is 3.28. The van der Waals surface area contributed by atoms with Crippen LogP contribution in [0.3, 0.4) is 0 Å². The van der Waals surface area contributed by atoms with E-state index in [0.29, 0.717) is 28.4 Å². The Balaban J connectivity index is 1.85. The molecule has 0 aliphatic heterocycles. The third-order valence-electron chi connectivity index (χ3n) is 4.59. The Labute approximate surface area is 169 Å². The van der Waals surface area contributed by atoms with Gasteiger partial charge in [-0.1, -0.05) is 0 Å². The molecule has 4 heterocycles. The van der Waals surface area contributed by atoms with E-state index in [1.807, 2.05) is 12.1 Å². The van der Waals surface area contributed by atoms with Crippen molar-refractivity contribution in [1.29, 1.82) is 0 Å². The first-order valence-corrected chi connectivity index (χ1v) is 8.94. The maximum atomic E-state index is 12.8. The molecular formula is C19H18F2N8O. The van der Waals surface area contributed by atoms with Gasteiger partial charge in [0.2, 0.25) is 5.88 Å². The van der Waals surface area contributed by atoms with Crippen molar-refractivity contribution >= 4 is 22.4 Å². The van der Waals surface area contributed by atoms with E-state index in [9.17, 15) is 8.78 Å². The number of nitrogens with two attached hydrogens (primary N) is 1. The van der Waals surface area contributed by atoms with E-state index in [1.165, 1.54) is 25.7 Å². The third-order valence-corrected chi connectivity index (χ3v) is 4.59. The van der Waals surface area contributed by atoms with Crippen LogP contribution in [-0.2, 0) is 6.54 Å². The minimum absolute atomic E-state index is 0.0778. The van der Waals surface area contributed by atoms with Crippen molar-refractivity contribution in [3.05, 3.63) is 49.0 Å². The first-order chi connectivity index (χ1) is 14.5. The largest absolute Gasteiger partial charge is 0.479 e. The molecule has 0 fully saturated rings. The molecule has 0 aromatic carbocycles. The molecule has 11 heteroatoms. The average molecular weight is 412 g/mol. The summed E-state index contributed by atoms with van der Waals surface area (Å²) < 4.78 is 34.4. The van der Waals surface area contributed by atoms with Crippen LogP contribution in [0.5, 0.6) is 5.88 Å². The molecule has 0 spiro atoms. The van der Waals surface area contributed by atoms with Gasteiger partial charge in [0.05, 0.1) is 24.9 Å². The van der Waals surface area contributed by atoms with Crippen LogP contribution in [0.1, 0.15) is 5.82 Å². The zero-order valence-corrected chi connectivity index (χ0v) is 16.2. The zero-order chi connectivity index (χ0) is 21.3. The SMILES string of the molecule is COc1ncnn2ccc(-c3cnc4nc(C)n(CC(C=CN)=NC(F)F)c4c3)c12. The Hall–Kier alpha value is -3.89. The smallest absolute Gasteiger partial charge is 0.332 e. The van der Waals surface area contributed by atoms with Crippen molar-refractivity contribution < 1.29 is 13.5 Å². The second-order valence-electron chi connectivity index (χ2n) is 6.36. The fourth-order valence-corrected chi connectivity index (χ4v) is 3.31. The number of methoxy groups -OCH3 is 1.